The molecule has 0 aliphatic heterocycles. The van der Waals surface area contributed by atoms with Gasteiger partial charge in [-0.15, -0.1) is 0 Å². The van der Waals surface area contributed by atoms with Gasteiger partial charge in [-0.1, -0.05) is 77.1 Å². The first-order valence-electron chi connectivity index (χ1n) is 7.65. The van der Waals surface area contributed by atoms with Crippen molar-refractivity contribution in [1.82, 2.24) is 0 Å². The Labute approximate surface area is 129 Å². The lowest BCUT2D eigenvalue weighted by Gasteiger charge is -2.21. The molecule has 2 aromatic rings. The molecule has 0 spiro atoms. The second-order valence-electron chi connectivity index (χ2n) is 6.11. The van der Waals surface area contributed by atoms with Crippen LogP contribution in [0.1, 0.15) is 41.6 Å². The summed E-state index contributed by atoms with van der Waals surface area (Å²) in [6.07, 6.45) is 0.598. The molecule has 1 atom stereocenters. The zero-order valence-corrected chi connectivity index (χ0v) is 13.8. The van der Waals surface area contributed by atoms with Crippen LogP contribution in [0.15, 0.2) is 42.5 Å². The first kappa shape index (κ1) is 17.4. The second-order valence-corrected chi connectivity index (χ2v) is 6.11. The van der Waals surface area contributed by atoms with Gasteiger partial charge in [0.2, 0.25) is 0 Å². The molecule has 2 aromatic carbocycles. The van der Waals surface area contributed by atoms with Crippen LogP contribution < -0.4 is 5.73 Å². The molecular formula is C19H29NO. The molecule has 0 radical (unpaired) electrons. The van der Waals surface area contributed by atoms with Crippen LogP contribution in [0.5, 0.6) is 0 Å². The molecule has 0 aliphatic carbocycles. The molecule has 116 valence electrons. The maximum absolute atomic E-state index is 12.1. The van der Waals surface area contributed by atoms with Crippen molar-refractivity contribution in [2.75, 3.05) is 0 Å². The Morgan fingerprint density at radius 2 is 1.67 bits per heavy atom. The van der Waals surface area contributed by atoms with Crippen LogP contribution in [0, 0.1) is 5.41 Å². The zero-order chi connectivity index (χ0) is 16.0. The van der Waals surface area contributed by atoms with Gasteiger partial charge in [-0.3, -0.25) is 4.79 Å². The zero-order valence-electron chi connectivity index (χ0n) is 13.8. The predicted octanol–water partition coefficient (Wildman–Crippen LogP) is 4.60. The Kier molecular flexibility index (Phi) is 6.10. The Morgan fingerprint density at radius 3 is 2.24 bits per heavy atom. The summed E-state index contributed by atoms with van der Waals surface area (Å²) in [4.78, 5) is 12.1. The minimum absolute atomic E-state index is 0. The van der Waals surface area contributed by atoms with Crippen molar-refractivity contribution in [3.63, 3.8) is 0 Å². The lowest BCUT2D eigenvalue weighted by Crippen LogP contribution is -2.40. The van der Waals surface area contributed by atoms with E-state index in [0.717, 1.165) is 5.56 Å². The third-order valence-electron chi connectivity index (χ3n) is 3.35. The number of carbonyl (C=O) groups is 1. The van der Waals surface area contributed by atoms with Crippen molar-refractivity contribution in [3.8, 4) is 0 Å². The standard InChI is InChI=1S/C17H21NO.C2H6.H2/c1-17(2,3)16(19)15(18)11-12-8-9-13-6-4-5-7-14(13)10-12;1-2;/h4-10,15H,11,18H2,1-3H3;1-2H3;1H/t15-;;/m0../s1. The van der Waals surface area contributed by atoms with Crippen LogP contribution >= 0.6 is 0 Å². The highest BCUT2D eigenvalue weighted by Crippen LogP contribution is 2.20. The molecule has 2 heteroatoms. The normalized spacial score (nSPS) is 12.5. The summed E-state index contributed by atoms with van der Waals surface area (Å²) in [5, 5.41) is 2.40. The fourth-order valence-electron chi connectivity index (χ4n) is 2.27. The number of ketones is 1. The highest BCUT2D eigenvalue weighted by molar-refractivity contribution is 5.89. The third kappa shape index (κ3) is 4.68. The molecule has 2 N–H and O–H groups in total. The fourth-order valence-corrected chi connectivity index (χ4v) is 2.27. The van der Waals surface area contributed by atoms with E-state index in [1.807, 2.05) is 46.8 Å². The van der Waals surface area contributed by atoms with Gasteiger partial charge in [0, 0.05) is 6.84 Å². The number of hydrogen-bond donors (Lipinski definition) is 1. The average Bonchev–Trinajstić information content (AvgIpc) is 2.47. The van der Waals surface area contributed by atoms with E-state index in [0.29, 0.717) is 6.42 Å². The largest absolute Gasteiger partial charge is 0.321 e. The van der Waals surface area contributed by atoms with Gasteiger partial charge in [-0.05, 0) is 22.8 Å². The molecule has 2 nitrogen and oxygen atoms in total. The smallest absolute Gasteiger partial charge is 0.155 e. The Balaban J connectivity index is 0.00000141. The van der Waals surface area contributed by atoms with Gasteiger partial charge in [-0.2, -0.15) is 0 Å². The number of rotatable bonds is 3. The van der Waals surface area contributed by atoms with Gasteiger partial charge in [0.15, 0.2) is 5.78 Å². The molecule has 0 saturated heterocycles. The molecule has 21 heavy (non-hydrogen) atoms. The summed E-state index contributed by atoms with van der Waals surface area (Å²) < 4.78 is 0. The minimum Gasteiger partial charge on any atom is -0.321 e. The lowest BCUT2D eigenvalue weighted by molar-refractivity contribution is -0.127. The van der Waals surface area contributed by atoms with Gasteiger partial charge < -0.3 is 5.73 Å². The van der Waals surface area contributed by atoms with Gasteiger partial charge in [0.05, 0.1) is 6.04 Å². The first-order valence-corrected chi connectivity index (χ1v) is 7.65. The van der Waals surface area contributed by atoms with E-state index in [2.05, 4.69) is 30.3 Å². The molecule has 0 fully saturated rings. The van der Waals surface area contributed by atoms with Crippen LogP contribution in [0.4, 0.5) is 0 Å². The quantitative estimate of drug-likeness (QED) is 0.896. The van der Waals surface area contributed by atoms with Crippen molar-refractivity contribution in [3.05, 3.63) is 48.0 Å². The summed E-state index contributed by atoms with van der Waals surface area (Å²) in [5.74, 6) is 0.112. The lowest BCUT2D eigenvalue weighted by atomic mass is 9.84. The molecule has 0 unspecified atom stereocenters. The molecular weight excluding hydrogens is 258 g/mol. The van der Waals surface area contributed by atoms with E-state index in [1.165, 1.54) is 10.8 Å². The van der Waals surface area contributed by atoms with Gasteiger partial charge in [-0.25, -0.2) is 0 Å². The van der Waals surface area contributed by atoms with E-state index in [9.17, 15) is 4.79 Å². The number of Topliss-reactive ketones (excluding diaryl/α,β-unsaturated/α-hetero) is 1. The molecule has 0 aliphatic rings. The summed E-state index contributed by atoms with van der Waals surface area (Å²) in [6.45, 7) is 9.74. The Hall–Kier alpha value is -1.67. The summed E-state index contributed by atoms with van der Waals surface area (Å²) >= 11 is 0. The molecule has 2 rings (SSSR count). The minimum atomic E-state index is -0.429. The van der Waals surface area contributed by atoms with Crippen LogP contribution in [-0.2, 0) is 11.2 Å². The van der Waals surface area contributed by atoms with Crippen molar-refractivity contribution in [2.45, 2.75) is 47.1 Å². The van der Waals surface area contributed by atoms with E-state index in [4.69, 9.17) is 5.73 Å². The number of carbonyl (C=O) groups excluding carboxylic acids is 1. The maximum Gasteiger partial charge on any atom is 0.155 e. The number of fused-ring (bicyclic) bond motifs is 1. The Morgan fingerprint density at radius 1 is 1.10 bits per heavy atom. The summed E-state index contributed by atoms with van der Waals surface area (Å²) in [6, 6.07) is 14.0. The summed E-state index contributed by atoms with van der Waals surface area (Å²) in [5.41, 5.74) is 6.77. The number of hydrogen-bond acceptors (Lipinski definition) is 2. The van der Waals surface area contributed by atoms with Crippen molar-refractivity contribution in [1.29, 1.82) is 0 Å². The molecule has 0 heterocycles. The Bertz CT molecular complexity index is 602. The number of benzene rings is 2. The van der Waals surface area contributed by atoms with Crippen molar-refractivity contribution < 1.29 is 6.22 Å². The highest BCUT2D eigenvalue weighted by Gasteiger charge is 2.26. The van der Waals surface area contributed by atoms with E-state index >= 15 is 0 Å². The van der Waals surface area contributed by atoms with Crippen LogP contribution in [0.3, 0.4) is 0 Å². The molecule has 0 amide bonds. The van der Waals surface area contributed by atoms with Crippen LogP contribution in [0.2, 0.25) is 0 Å². The maximum atomic E-state index is 12.1. The van der Waals surface area contributed by atoms with Gasteiger partial charge in [0.25, 0.3) is 0 Å². The van der Waals surface area contributed by atoms with Gasteiger partial charge in [0.1, 0.15) is 0 Å². The van der Waals surface area contributed by atoms with E-state index in [-0.39, 0.29) is 12.6 Å². The van der Waals surface area contributed by atoms with Gasteiger partial charge >= 0.3 is 0 Å². The fraction of sp³-hybridized carbons (Fsp3) is 0.421. The summed E-state index contributed by atoms with van der Waals surface area (Å²) in [7, 11) is 0. The molecule has 0 saturated carbocycles. The predicted molar refractivity (Wildman–Crippen MR) is 93.6 cm³/mol. The first-order chi connectivity index (χ1) is 9.88. The molecule has 0 bridgehead atoms. The topological polar surface area (TPSA) is 43.1 Å². The van der Waals surface area contributed by atoms with E-state index < -0.39 is 6.04 Å². The van der Waals surface area contributed by atoms with E-state index in [1.54, 1.807) is 0 Å². The van der Waals surface area contributed by atoms with Crippen LogP contribution in [-0.4, -0.2) is 11.8 Å². The molecule has 0 aromatic heterocycles. The van der Waals surface area contributed by atoms with Crippen molar-refractivity contribution >= 4 is 16.6 Å². The monoisotopic (exact) mass is 287 g/mol. The van der Waals surface area contributed by atoms with Crippen LogP contribution in [0.25, 0.3) is 10.8 Å². The second kappa shape index (κ2) is 7.37. The van der Waals surface area contributed by atoms with Crippen molar-refractivity contribution in [2.24, 2.45) is 11.1 Å². The highest BCUT2D eigenvalue weighted by atomic mass is 16.1. The third-order valence-corrected chi connectivity index (χ3v) is 3.35. The number of nitrogens with two attached hydrogens (primary N) is 1. The SMILES string of the molecule is CC.CC(C)(C)C(=O)[C@@H](N)Cc1ccc2ccccc2c1.[HH]. The average molecular weight is 287 g/mol.